The van der Waals surface area contributed by atoms with E-state index in [1.54, 1.807) is 35.5 Å². The van der Waals surface area contributed by atoms with Crippen molar-refractivity contribution in [1.82, 2.24) is 9.97 Å². The van der Waals surface area contributed by atoms with Crippen molar-refractivity contribution in [2.45, 2.75) is 43.4 Å². The molecule has 0 N–H and O–H groups in total. The zero-order valence-corrected chi connectivity index (χ0v) is 17.9. The normalized spacial score (nSPS) is 14.3. The molecule has 2 aromatic heterocycles. The van der Waals surface area contributed by atoms with Crippen LogP contribution in [0.2, 0.25) is 0 Å². The van der Waals surface area contributed by atoms with Crippen molar-refractivity contribution in [3.63, 3.8) is 0 Å². The van der Waals surface area contributed by atoms with E-state index < -0.39 is 0 Å². The number of carbonyl (C=O) groups excluding carboxylic acids is 1. The topological polar surface area (TPSA) is 46.1 Å². The van der Waals surface area contributed by atoms with E-state index in [1.807, 2.05) is 17.0 Å². The van der Waals surface area contributed by atoms with E-state index in [-0.39, 0.29) is 11.9 Å². The fourth-order valence-corrected chi connectivity index (χ4v) is 5.42. The number of thiazole rings is 1. The molecular weight excluding hydrogens is 386 g/mol. The van der Waals surface area contributed by atoms with Crippen LogP contribution in [0.3, 0.4) is 0 Å². The lowest BCUT2D eigenvalue weighted by Crippen LogP contribution is -2.36. The third-order valence-corrected chi connectivity index (χ3v) is 7.16. The van der Waals surface area contributed by atoms with E-state index in [0.717, 1.165) is 40.4 Å². The van der Waals surface area contributed by atoms with Gasteiger partial charge < -0.3 is 4.90 Å². The van der Waals surface area contributed by atoms with Crippen LogP contribution in [-0.2, 0) is 11.2 Å². The van der Waals surface area contributed by atoms with Gasteiger partial charge in [0, 0.05) is 41.7 Å². The number of aryl methyl sites for hydroxylation is 1. The number of thioether (sulfide) groups is 1. The number of fused-ring (bicyclic) bond motifs is 1. The Labute approximate surface area is 174 Å². The molecule has 0 saturated heterocycles. The Morgan fingerprint density at radius 3 is 2.61 bits per heavy atom. The summed E-state index contributed by atoms with van der Waals surface area (Å²) in [5, 5.41) is 1.01. The monoisotopic (exact) mass is 409 g/mol. The van der Waals surface area contributed by atoms with Gasteiger partial charge >= 0.3 is 0 Å². The summed E-state index contributed by atoms with van der Waals surface area (Å²) in [6.45, 7) is 4.16. The largest absolute Gasteiger partial charge is 0.310 e. The van der Waals surface area contributed by atoms with Gasteiger partial charge in [0.1, 0.15) is 5.01 Å². The highest BCUT2D eigenvalue weighted by atomic mass is 32.2. The Kier molecular flexibility index (Phi) is 5.51. The van der Waals surface area contributed by atoms with Gasteiger partial charge in [0.25, 0.3) is 0 Å². The molecule has 3 heterocycles. The molecule has 1 aliphatic heterocycles. The van der Waals surface area contributed by atoms with Crippen molar-refractivity contribution in [3.05, 3.63) is 48.3 Å². The lowest BCUT2D eigenvalue weighted by Gasteiger charge is -2.27. The Balaban J connectivity index is 1.78. The molecule has 1 amide bonds. The molecule has 0 radical (unpaired) electrons. The van der Waals surface area contributed by atoms with Gasteiger partial charge in [0.05, 0.1) is 9.90 Å². The van der Waals surface area contributed by atoms with Crippen molar-refractivity contribution >= 4 is 34.7 Å². The molecule has 1 aromatic carbocycles. The summed E-state index contributed by atoms with van der Waals surface area (Å²) in [6.07, 6.45) is 8.13. The molecule has 6 heteroatoms. The molecule has 0 bridgehead atoms. The van der Waals surface area contributed by atoms with E-state index >= 15 is 0 Å². The minimum absolute atomic E-state index is 0.162. The highest BCUT2D eigenvalue weighted by Gasteiger charge is 2.25. The quantitative estimate of drug-likeness (QED) is 0.521. The SMILES string of the molecule is CSc1sc(-c2ccncc2)nc1-c1ccc2c(c1)CCCC(=O)N2C(C)C. The van der Waals surface area contributed by atoms with Crippen LogP contribution in [0, 0.1) is 0 Å². The minimum atomic E-state index is 0.162. The van der Waals surface area contributed by atoms with Gasteiger partial charge in [-0.25, -0.2) is 4.98 Å². The fraction of sp³-hybridized carbons (Fsp3) is 0.318. The number of aromatic nitrogens is 2. The third kappa shape index (κ3) is 3.59. The molecule has 1 aliphatic rings. The van der Waals surface area contributed by atoms with Gasteiger partial charge in [-0.15, -0.1) is 23.1 Å². The Bertz CT molecular complexity index is 998. The van der Waals surface area contributed by atoms with Crippen molar-refractivity contribution in [1.29, 1.82) is 0 Å². The summed E-state index contributed by atoms with van der Waals surface area (Å²) in [5.74, 6) is 0.222. The first-order valence-electron chi connectivity index (χ1n) is 9.49. The average Bonchev–Trinajstić information content (AvgIpc) is 3.06. The standard InChI is InChI=1S/C22H23N3OS2/c1-14(2)25-18-8-7-17(13-16(18)5-4-6-19(25)26)20-22(27-3)28-21(24-20)15-9-11-23-12-10-15/h7-14H,4-6H2,1-3H3. The van der Waals surface area contributed by atoms with Crippen LogP contribution in [0.15, 0.2) is 46.9 Å². The van der Waals surface area contributed by atoms with Crippen LogP contribution >= 0.6 is 23.1 Å². The summed E-state index contributed by atoms with van der Waals surface area (Å²) in [7, 11) is 0. The predicted molar refractivity (Wildman–Crippen MR) is 118 cm³/mol. The summed E-state index contributed by atoms with van der Waals surface area (Å²) in [6, 6.07) is 10.6. The van der Waals surface area contributed by atoms with E-state index in [1.165, 1.54) is 9.77 Å². The molecule has 0 saturated carbocycles. The van der Waals surface area contributed by atoms with Crippen molar-refractivity contribution in [2.24, 2.45) is 0 Å². The molecule has 0 atom stereocenters. The van der Waals surface area contributed by atoms with E-state index in [2.05, 4.69) is 43.3 Å². The van der Waals surface area contributed by atoms with Gasteiger partial charge in [-0.2, -0.15) is 0 Å². The molecule has 0 unspecified atom stereocenters. The van der Waals surface area contributed by atoms with Gasteiger partial charge in [0.2, 0.25) is 5.91 Å². The first kappa shape index (κ1) is 19.2. The number of amides is 1. The van der Waals surface area contributed by atoms with Gasteiger partial charge in [-0.1, -0.05) is 6.07 Å². The summed E-state index contributed by atoms with van der Waals surface area (Å²) < 4.78 is 1.21. The number of anilines is 1. The minimum Gasteiger partial charge on any atom is -0.310 e. The number of nitrogens with zero attached hydrogens (tertiary/aromatic N) is 3. The highest BCUT2D eigenvalue weighted by Crippen LogP contribution is 2.41. The van der Waals surface area contributed by atoms with E-state index in [4.69, 9.17) is 4.98 Å². The maximum absolute atomic E-state index is 12.5. The van der Waals surface area contributed by atoms with Crippen molar-refractivity contribution < 1.29 is 4.79 Å². The van der Waals surface area contributed by atoms with Crippen molar-refractivity contribution in [3.8, 4) is 21.8 Å². The second-order valence-electron chi connectivity index (χ2n) is 7.15. The summed E-state index contributed by atoms with van der Waals surface area (Å²) >= 11 is 3.44. The molecule has 144 valence electrons. The second-order valence-corrected chi connectivity index (χ2v) is 9.22. The van der Waals surface area contributed by atoms with Gasteiger partial charge in [-0.05, 0) is 62.8 Å². The van der Waals surface area contributed by atoms with Crippen LogP contribution in [0.4, 0.5) is 5.69 Å². The Morgan fingerprint density at radius 1 is 1.11 bits per heavy atom. The molecule has 0 aliphatic carbocycles. The second kappa shape index (κ2) is 8.05. The molecule has 28 heavy (non-hydrogen) atoms. The third-order valence-electron chi connectivity index (χ3n) is 4.94. The van der Waals surface area contributed by atoms with Crippen LogP contribution in [0.1, 0.15) is 32.3 Å². The number of rotatable bonds is 4. The molecule has 0 fully saturated rings. The van der Waals surface area contributed by atoms with Crippen LogP contribution in [-0.4, -0.2) is 28.2 Å². The molecular formula is C22H23N3OS2. The van der Waals surface area contributed by atoms with Gasteiger partial charge in [0.15, 0.2) is 0 Å². The lowest BCUT2D eigenvalue weighted by atomic mass is 10.0. The number of carbonyl (C=O) groups is 1. The Hall–Kier alpha value is -2.18. The maximum atomic E-state index is 12.5. The average molecular weight is 410 g/mol. The fourth-order valence-electron chi connectivity index (χ4n) is 3.66. The van der Waals surface area contributed by atoms with Crippen LogP contribution in [0.25, 0.3) is 21.8 Å². The molecule has 3 aromatic rings. The van der Waals surface area contributed by atoms with Gasteiger partial charge in [-0.3, -0.25) is 9.78 Å². The molecule has 4 nitrogen and oxygen atoms in total. The first-order valence-corrected chi connectivity index (χ1v) is 11.5. The zero-order valence-electron chi connectivity index (χ0n) is 16.3. The first-order chi connectivity index (χ1) is 13.6. The smallest absolute Gasteiger partial charge is 0.227 e. The number of pyridine rings is 1. The lowest BCUT2D eigenvalue weighted by molar-refractivity contribution is -0.118. The maximum Gasteiger partial charge on any atom is 0.227 e. The van der Waals surface area contributed by atoms with E-state index in [9.17, 15) is 4.79 Å². The summed E-state index contributed by atoms with van der Waals surface area (Å²) in [5.41, 5.74) is 5.53. The number of hydrogen-bond acceptors (Lipinski definition) is 5. The predicted octanol–water partition coefficient (Wildman–Crippen LogP) is 5.67. The molecule has 0 spiro atoms. The molecule has 4 rings (SSSR count). The zero-order chi connectivity index (χ0) is 19.7. The number of hydrogen-bond donors (Lipinski definition) is 0. The Morgan fingerprint density at radius 2 is 1.89 bits per heavy atom. The van der Waals surface area contributed by atoms with E-state index in [0.29, 0.717) is 6.42 Å². The summed E-state index contributed by atoms with van der Waals surface area (Å²) in [4.78, 5) is 23.5. The van der Waals surface area contributed by atoms with Crippen molar-refractivity contribution in [2.75, 3.05) is 11.2 Å². The van der Waals surface area contributed by atoms with Crippen LogP contribution < -0.4 is 4.90 Å². The highest BCUT2D eigenvalue weighted by molar-refractivity contribution is 8.00. The van der Waals surface area contributed by atoms with Crippen LogP contribution in [0.5, 0.6) is 0 Å². The number of benzene rings is 1.